The van der Waals surface area contributed by atoms with Gasteiger partial charge >= 0.3 is 0 Å². The normalized spacial score (nSPS) is 21.0. The molecule has 4 heteroatoms. The highest BCUT2D eigenvalue weighted by Crippen LogP contribution is 2.25. The Labute approximate surface area is 125 Å². The number of hydrogen-bond donors (Lipinski definition) is 2. The molecule has 0 radical (unpaired) electrons. The second kappa shape index (κ2) is 6.75. The lowest BCUT2D eigenvalue weighted by molar-refractivity contribution is 0.0648. The molecule has 0 aromatic heterocycles. The molecule has 21 heavy (non-hydrogen) atoms. The lowest BCUT2D eigenvalue weighted by Crippen LogP contribution is -2.39. The van der Waals surface area contributed by atoms with E-state index in [1.807, 2.05) is 19.1 Å². The average Bonchev–Trinajstić information content (AvgIpc) is 2.86. The maximum absolute atomic E-state index is 12.6. The zero-order valence-electron chi connectivity index (χ0n) is 12.6. The van der Waals surface area contributed by atoms with E-state index in [-0.39, 0.29) is 18.6 Å². The number of carbonyl (C=O) groups is 1. The van der Waals surface area contributed by atoms with Crippen LogP contribution in [0.15, 0.2) is 18.2 Å². The van der Waals surface area contributed by atoms with E-state index in [4.69, 9.17) is 5.73 Å². The minimum Gasteiger partial charge on any atom is -0.394 e. The number of hydrogen-bond acceptors (Lipinski definition) is 3. The predicted octanol–water partition coefficient (Wildman–Crippen LogP) is 1.15. The fourth-order valence-electron chi connectivity index (χ4n) is 2.79. The Morgan fingerprint density at radius 2 is 2.29 bits per heavy atom. The van der Waals surface area contributed by atoms with Crippen molar-refractivity contribution in [3.8, 4) is 11.8 Å². The van der Waals surface area contributed by atoms with Gasteiger partial charge in [-0.15, -0.1) is 0 Å². The molecule has 1 aromatic rings. The van der Waals surface area contributed by atoms with E-state index < -0.39 is 0 Å². The van der Waals surface area contributed by atoms with E-state index >= 15 is 0 Å². The highest BCUT2D eigenvalue weighted by atomic mass is 16.3. The Balaban J connectivity index is 2.22. The van der Waals surface area contributed by atoms with Gasteiger partial charge in [-0.3, -0.25) is 4.79 Å². The van der Waals surface area contributed by atoms with Gasteiger partial charge in [0.05, 0.1) is 19.2 Å². The summed E-state index contributed by atoms with van der Waals surface area (Å²) in [6.07, 6.45) is 0.940. The van der Waals surface area contributed by atoms with Crippen LogP contribution in [0.1, 0.15) is 34.8 Å². The Morgan fingerprint density at radius 1 is 1.52 bits per heavy atom. The first-order valence-electron chi connectivity index (χ1n) is 7.30. The average molecular weight is 286 g/mol. The van der Waals surface area contributed by atoms with Gasteiger partial charge in [0.25, 0.3) is 5.91 Å². The molecule has 1 amide bonds. The van der Waals surface area contributed by atoms with Crippen LogP contribution in [0.2, 0.25) is 0 Å². The van der Waals surface area contributed by atoms with Crippen LogP contribution in [0.5, 0.6) is 0 Å². The summed E-state index contributed by atoms with van der Waals surface area (Å²) in [5.41, 5.74) is 7.89. The van der Waals surface area contributed by atoms with Crippen molar-refractivity contribution in [2.45, 2.75) is 26.3 Å². The van der Waals surface area contributed by atoms with Crippen LogP contribution in [0.25, 0.3) is 0 Å². The number of nitrogens with two attached hydrogens (primary N) is 1. The number of aryl methyl sites for hydroxylation is 1. The molecule has 1 aliphatic rings. The van der Waals surface area contributed by atoms with E-state index in [0.29, 0.717) is 24.6 Å². The molecule has 1 saturated heterocycles. The van der Waals surface area contributed by atoms with Crippen molar-refractivity contribution >= 4 is 5.91 Å². The minimum atomic E-state index is -0.0745. The first kappa shape index (κ1) is 15.6. The summed E-state index contributed by atoms with van der Waals surface area (Å²) in [4.78, 5) is 14.4. The van der Waals surface area contributed by atoms with Crippen molar-refractivity contribution < 1.29 is 9.90 Å². The van der Waals surface area contributed by atoms with E-state index in [1.54, 1.807) is 11.0 Å². The van der Waals surface area contributed by atoms with E-state index in [9.17, 15) is 9.90 Å². The zero-order chi connectivity index (χ0) is 15.4. The molecular weight excluding hydrogens is 264 g/mol. The maximum atomic E-state index is 12.6. The highest BCUT2D eigenvalue weighted by molar-refractivity contribution is 5.95. The van der Waals surface area contributed by atoms with Crippen molar-refractivity contribution in [3.05, 3.63) is 34.9 Å². The molecule has 2 unspecified atom stereocenters. The van der Waals surface area contributed by atoms with Crippen LogP contribution in [-0.2, 0) is 0 Å². The smallest absolute Gasteiger partial charge is 0.254 e. The summed E-state index contributed by atoms with van der Waals surface area (Å²) in [6.45, 7) is 5.06. The van der Waals surface area contributed by atoms with Gasteiger partial charge in [0.1, 0.15) is 0 Å². The molecule has 1 heterocycles. The minimum absolute atomic E-state index is 0.0140. The monoisotopic (exact) mass is 286 g/mol. The molecular formula is C17H22N2O2. The van der Waals surface area contributed by atoms with E-state index in [1.165, 1.54) is 0 Å². The SMILES string of the molecule is Cc1cc(C(=O)N2CCC(C)C2CO)ccc1C#CCN. The number of rotatable bonds is 2. The maximum Gasteiger partial charge on any atom is 0.254 e. The Kier molecular flexibility index (Phi) is 5.00. The summed E-state index contributed by atoms with van der Waals surface area (Å²) < 4.78 is 0. The molecule has 1 aromatic carbocycles. The number of carbonyl (C=O) groups excluding carboxylic acids is 1. The summed E-state index contributed by atoms with van der Waals surface area (Å²) in [7, 11) is 0. The Morgan fingerprint density at radius 3 is 2.90 bits per heavy atom. The summed E-state index contributed by atoms with van der Waals surface area (Å²) in [5, 5.41) is 9.47. The van der Waals surface area contributed by atoms with Crippen LogP contribution < -0.4 is 5.73 Å². The van der Waals surface area contributed by atoms with Gasteiger partial charge in [-0.1, -0.05) is 18.8 Å². The number of aliphatic hydroxyl groups excluding tert-OH is 1. The quantitative estimate of drug-likeness (QED) is 0.801. The Hall–Kier alpha value is -1.83. The Bertz CT molecular complexity index is 586. The lowest BCUT2D eigenvalue weighted by Gasteiger charge is -2.25. The summed E-state index contributed by atoms with van der Waals surface area (Å²) in [6, 6.07) is 5.45. The third-order valence-electron chi connectivity index (χ3n) is 4.13. The van der Waals surface area contributed by atoms with Gasteiger partial charge in [-0.25, -0.2) is 0 Å². The van der Waals surface area contributed by atoms with E-state index in [2.05, 4.69) is 18.8 Å². The third kappa shape index (κ3) is 3.26. The van der Waals surface area contributed by atoms with Gasteiger partial charge in [-0.05, 0) is 43.0 Å². The van der Waals surface area contributed by atoms with Crippen LogP contribution in [-0.4, -0.2) is 41.7 Å². The molecule has 4 nitrogen and oxygen atoms in total. The second-order valence-electron chi connectivity index (χ2n) is 5.55. The number of benzene rings is 1. The first-order chi connectivity index (χ1) is 10.1. The number of likely N-dealkylation sites (tertiary alicyclic amines) is 1. The lowest BCUT2D eigenvalue weighted by atomic mass is 10.0. The van der Waals surface area contributed by atoms with Crippen LogP contribution in [0.4, 0.5) is 0 Å². The van der Waals surface area contributed by atoms with Crippen molar-refractivity contribution in [2.75, 3.05) is 19.7 Å². The fraction of sp³-hybridized carbons (Fsp3) is 0.471. The molecule has 1 aliphatic heterocycles. The molecule has 0 saturated carbocycles. The molecule has 0 aliphatic carbocycles. The number of nitrogens with zero attached hydrogens (tertiary/aromatic N) is 1. The molecule has 3 N–H and O–H groups in total. The largest absolute Gasteiger partial charge is 0.394 e. The van der Waals surface area contributed by atoms with Gasteiger partial charge in [0, 0.05) is 17.7 Å². The van der Waals surface area contributed by atoms with Gasteiger partial charge in [-0.2, -0.15) is 0 Å². The highest BCUT2D eigenvalue weighted by Gasteiger charge is 2.34. The number of aliphatic hydroxyl groups is 1. The van der Waals surface area contributed by atoms with Crippen molar-refractivity contribution in [1.29, 1.82) is 0 Å². The van der Waals surface area contributed by atoms with Crippen molar-refractivity contribution in [3.63, 3.8) is 0 Å². The third-order valence-corrected chi connectivity index (χ3v) is 4.13. The molecule has 2 atom stereocenters. The van der Waals surface area contributed by atoms with Gasteiger partial charge in [0.15, 0.2) is 0 Å². The second-order valence-corrected chi connectivity index (χ2v) is 5.55. The van der Waals surface area contributed by atoms with Crippen LogP contribution in [0.3, 0.4) is 0 Å². The summed E-state index contributed by atoms with van der Waals surface area (Å²) in [5.74, 6) is 6.14. The molecule has 0 bridgehead atoms. The molecule has 2 rings (SSSR count). The van der Waals surface area contributed by atoms with Gasteiger partial charge < -0.3 is 15.7 Å². The van der Waals surface area contributed by atoms with Gasteiger partial charge in [0.2, 0.25) is 0 Å². The molecule has 1 fully saturated rings. The first-order valence-corrected chi connectivity index (χ1v) is 7.30. The topological polar surface area (TPSA) is 66.6 Å². The predicted molar refractivity (Wildman–Crippen MR) is 82.8 cm³/mol. The molecule has 112 valence electrons. The summed E-state index contributed by atoms with van der Waals surface area (Å²) >= 11 is 0. The molecule has 0 spiro atoms. The van der Waals surface area contributed by atoms with Crippen molar-refractivity contribution in [1.82, 2.24) is 4.90 Å². The standard InChI is InChI=1S/C17H22N2O2/c1-12-7-9-19(16(12)11-20)17(21)15-6-5-14(4-3-8-18)13(2)10-15/h5-6,10,12,16,20H,7-9,11,18H2,1-2H3. The van der Waals surface area contributed by atoms with Crippen molar-refractivity contribution in [2.24, 2.45) is 11.7 Å². The fourth-order valence-corrected chi connectivity index (χ4v) is 2.79. The van der Waals surface area contributed by atoms with E-state index in [0.717, 1.165) is 17.5 Å². The van der Waals surface area contributed by atoms with Crippen LogP contribution >= 0.6 is 0 Å². The zero-order valence-corrected chi connectivity index (χ0v) is 12.6. The van der Waals surface area contributed by atoms with Crippen LogP contribution in [0, 0.1) is 24.7 Å². The number of amides is 1.